The van der Waals surface area contributed by atoms with Crippen LogP contribution in [0.15, 0.2) is 78.9 Å². The lowest BCUT2D eigenvalue weighted by Gasteiger charge is -2.38. The van der Waals surface area contributed by atoms with Gasteiger partial charge in [-0.1, -0.05) is 90.0 Å². The Kier molecular flexibility index (Phi) is 12.3. The van der Waals surface area contributed by atoms with Gasteiger partial charge in [-0.05, 0) is 50.8 Å². The second-order valence-corrected chi connectivity index (χ2v) is 11.5. The fourth-order valence-corrected chi connectivity index (χ4v) is 6.30. The molecular weight excluding hydrogens is 600 g/mol. The number of hydrogen-bond donors (Lipinski definition) is 0. The summed E-state index contributed by atoms with van der Waals surface area (Å²) in [5.41, 5.74) is 4.39. The van der Waals surface area contributed by atoms with Crippen molar-refractivity contribution in [3.63, 3.8) is 0 Å². The fraction of sp³-hybridized carbons (Fsp3) is 0.405. The van der Waals surface area contributed by atoms with Crippen molar-refractivity contribution in [2.75, 3.05) is 34.0 Å². The number of benzene rings is 3. The number of carbonyl (C=O) groups is 4. The second kappa shape index (κ2) is 16.3. The first-order valence-corrected chi connectivity index (χ1v) is 15.8. The smallest absolute Gasteiger partial charge is 0.325 e. The Hall–Kier alpha value is -4.54. The van der Waals surface area contributed by atoms with Gasteiger partial charge < -0.3 is 18.9 Å². The lowest BCUT2D eigenvalue weighted by atomic mass is 9.90. The summed E-state index contributed by atoms with van der Waals surface area (Å²) in [6.45, 7) is 7.30. The maximum Gasteiger partial charge on any atom is 0.325 e. The number of hydrogen-bond acceptors (Lipinski definition) is 10. The highest BCUT2D eigenvalue weighted by Gasteiger charge is 2.56. The summed E-state index contributed by atoms with van der Waals surface area (Å²) in [5.74, 6) is -3.74. The standard InChI is InChI=1S/C37H44N2O8/c1-7-46-35(41)29(36(42)47-8-2)22-30(26-12-10-9-11-13-26)39-33(37(43)45-6)32(27-18-14-24(3)15-19-27)38(23-31(40)44-5)34(39)28-20-16-25(4)17-21-28/h9-21,29-30,32-34H,7-8,22-23H2,1-6H3. The summed E-state index contributed by atoms with van der Waals surface area (Å²) < 4.78 is 21.4. The number of ether oxygens (including phenoxy) is 4. The van der Waals surface area contributed by atoms with Crippen LogP contribution in [0.3, 0.4) is 0 Å². The van der Waals surface area contributed by atoms with Gasteiger partial charge in [0.2, 0.25) is 0 Å². The molecule has 10 nitrogen and oxygen atoms in total. The van der Waals surface area contributed by atoms with Crippen molar-refractivity contribution in [2.45, 2.75) is 58.4 Å². The molecule has 3 aromatic carbocycles. The van der Waals surface area contributed by atoms with Gasteiger partial charge in [0, 0.05) is 6.04 Å². The van der Waals surface area contributed by atoms with E-state index in [4.69, 9.17) is 18.9 Å². The molecule has 3 aromatic rings. The average Bonchev–Trinajstić information content (AvgIpc) is 3.39. The van der Waals surface area contributed by atoms with Crippen LogP contribution in [0.5, 0.6) is 0 Å². The predicted molar refractivity (Wildman–Crippen MR) is 175 cm³/mol. The highest BCUT2D eigenvalue weighted by atomic mass is 16.6. The third-order valence-electron chi connectivity index (χ3n) is 8.50. The van der Waals surface area contributed by atoms with Crippen LogP contribution in [0.2, 0.25) is 0 Å². The molecule has 0 bridgehead atoms. The molecule has 1 heterocycles. The SMILES string of the molecule is CCOC(=O)C(CC(c1ccccc1)N1C(C(=O)OC)C(c2ccc(C)cc2)N(CC(=O)OC)C1c1ccc(C)cc1)C(=O)OCC. The molecule has 1 aliphatic heterocycles. The lowest BCUT2D eigenvalue weighted by Crippen LogP contribution is -2.44. The van der Waals surface area contributed by atoms with E-state index in [-0.39, 0.29) is 26.2 Å². The first kappa shape index (κ1) is 35.3. The van der Waals surface area contributed by atoms with E-state index in [1.807, 2.05) is 103 Å². The Labute approximate surface area is 276 Å². The number of aryl methyl sites for hydroxylation is 2. The van der Waals surface area contributed by atoms with Crippen molar-refractivity contribution in [3.05, 3.63) is 107 Å². The molecule has 0 aromatic heterocycles. The van der Waals surface area contributed by atoms with Gasteiger partial charge in [-0.3, -0.25) is 29.0 Å². The molecule has 1 saturated heterocycles. The van der Waals surface area contributed by atoms with Crippen molar-refractivity contribution in [1.29, 1.82) is 0 Å². The summed E-state index contributed by atoms with van der Waals surface area (Å²) in [4.78, 5) is 57.8. The van der Waals surface area contributed by atoms with Crippen molar-refractivity contribution in [1.82, 2.24) is 9.80 Å². The molecule has 0 N–H and O–H groups in total. The van der Waals surface area contributed by atoms with Gasteiger partial charge >= 0.3 is 23.9 Å². The number of carbonyl (C=O) groups excluding carboxylic acids is 4. The fourth-order valence-electron chi connectivity index (χ4n) is 6.30. The van der Waals surface area contributed by atoms with Crippen molar-refractivity contribution in [3.8, 4) is 0 Å². The largest absolute Gasteiger partial charge is 0.468 e. The van der Waals surface area contributed by atoms with Gasteiger partial charge in [-0.15, -0.1) is 0 Å². The third kappa shape index (κ3) is 8.07. The molecule has 1 aliphatic rings. The normalized spacial score (nSPS) is 18.8. The molecule has 47 heavy (non-hydrogen) atoms. The van der Waals surface area contributed by atoms with Gasteiger partial charge in [0.05, 0.1) is 46.2 Å². The molecule has 250 valence electrons. The molecule has 0 radical (unpaired) electrons. The molecule has 4 atom stereocenters. The van der Waals surface area contributed by atoms with Crippen LogP contribution in [-0.2, 0) is 38.1 Å². The van der Waals surface area contributed by atoms with E-state index in [1.165, 1.54) is 14.2 Å². The van der Waals surface area contributed by atoms with E-state index in [0.29, 0.717) is 0 Å². The Bertz CT molecular complexity index is 1490. The summed E-state index contributed by atoms with van der Waals surface area (Å²) >= 11 is 0. The molecule has 4 unspecified atom stereocenters. The maximum absolute atomic E-state index is 14.1. The average molecular weight is 645 g/mol. The zero-order valence-corrected chi connectivity index (χ0v) is 27.9. The van der Waals surface area contributed by atoms with Crippen LogP contribution in [0.25, 0.3) is 0 Å². The Balaban J connectivity index is 2.03. The molecule has 0 spiro atoms. The van der Waals surface area contributed by atoms with Crippen LogP contribution in [-0.4, -0.2) is 73.7 Å². The third-order valence-corrected chi connectivity index (χ3v) is 8.50. The predicted octanol–water partition coefficient (Wildman–Crippen LogP) is 5.25. The molecule has 1 fully saturated rings. The molecule has 0 saturated carbocycles. The van der Waals surface area contributed by atoms with Gasteiger partial charge in [-0.2, -0.15) is 0 Å². The minimum Gasteiger partial charge on any atom is -0.468 e. The molecule has 0 amide bonds. The first-order valence-electron chi connectivity index (χ1n) is 15.8. The van der Waals surface area contributed by atoms with Crippen LogP contribution in [0, 0.1) is 19.8 Å². The number of esters is 4. The van der Waals surface area contributed by atoms with Gasteiger partial charge in [0.1, 0.15) is 6.04 Å². The number of nitrogens with zero attached hydrogens (tertiary/aromatic N) is 2. The summed E-state index contributed by atoms with van der Waals surface area (Å²) in [7, 11) is 2.65. The zero-order chi connectivity index (χ0) is 34.1. The van der Waals surface area contributed by atoms with E-state index in [2.05, 4.69) is 0 Å². The number of rotatable bonds is 13. The van der Waals surface area contributed by atoms with Crippen molar-refractivity contribution in [2.24, 2.45) is 5.92 Å². The molecule has 4 rings (SSSR count). The van der Waals surface area contributed by atoms with E-state index in [1.54, 1.807) is 13.8 Å². The summed E-state index contributed by atoms with van der Waals surface area (Å²) in [5, 5.41) is 0. The maximum atomic E-state index is 14.1. The van der Waals surface area contributed by atoms with Crippen molar-refractivity contribution < 1.29 is 38.1 Å². The molecule has 10 heteroatoms. The minimum absolute atomic E-state index is 0.0653. The van der Waals surface area contributed by atoms with E-state index in [9.17, 15) is 19.2 Å². The van der Waals surface area contributed by atoms with Gasteiger partial charge in [0.15, 0.2) is 5.92 Å². The summed E-state index contributed by atoms with van der Waals surface area (Å²) in [6.07, 6.45) is -0.759. The lowest BCUT2D eigenvalue weighted by molar-refractivity contribution is -0.163. The van der Waals surface area contributed by atoms with Crippen LogP contribution in [0.1, 0.15) is 66.3 Å². The summed E-state index contributed by atoms with van der Waals surface area (Å²) in [6, 6.07) is 22.6. The quantitative estimate of drug-likeness (QED) is 0.139. The molecule has 0 aliphatic carbocycles. The van der Waals surface area contributed by atoms with E-state index >= 15 is 0 Å². The van der Waals surface area contributed by atoms with Crippen LogP contribution < -0.4 is 0 Å². The van der Waals surface area contributed by atoms with E-state index < -0.39 is 54.1 Å². The zero-order valence-electron chi connectivity index (χ0n) is 27.9. The Morgan fingerprint density at radius 2 is 1.26 bits per heavy atom. The highest BCUT2D eigenvalue weighted by molar-refractivity contribution is 5.95. The minimum atomic E-state index is -1.29. The second-order valence-electron chi connectivity index (χ2n) is 11.5. The molecular formula is C37H44N2O8. The number of methoxy groups -OCH3 is 2. The van der Waals surface area contributed by atoms with Crippen molar-refractivity contribution >= 4 is 23.9 Å². The Morgan fingerprint density at radius 1 is 0.723 bits per heavy atom. The topological polar surface area (TPSA) is 112 Å². The van der Waals surface area contributed by atoms with Gasteiger partial charge in [0.25, 0.3) is 0 Å². The first-order chi connectivity index (χ1) is 22.6. The van der Waals surface area contributed by atoms with E-state index in [0.717, 1.165) is 27.8 Å². The Morgan fingerprint density at radius 3 is 1.74 bits per heavy atom. The van der Waals surface area contributed by atoms with Gasteiger partial charge in [-0.25, -0.2) is 0 Å². The monoisotopic (exact) mass is 644 g/mol. The van der Waals surface area contributed by atoms with Crippen LogP contribution in [0.4, 0.5) is 0 Å². The highest BCUT2D eigenvalue weighted by Crippen LogP contribution is 2.51. The van der Waals surface area contributed by atoms with Crippen LogP contribution >= 0.6 is 0 Å².